The number of hydrogen-bond acceptors (Lipinski definition) is 2. The molecule has 0 heterocycles. The van der Waals surface area contributed by atoms with E-state index < -0.39 is 0 Å². The number of halogens is 1. The van der Waals surface area contributed by atoms with Crippen LogP contribution >= 0.6 is 0 Å². The Balaban J connectivity index is 0.00000192. The van der Waals surface area contributed by atoms with E-state index in [1.807, 2.05) is 30.3 Å². The molecule has 1 aliphatic carbocycles. The summed E-state index contributed by atoms with van der Waals surface area (Å²) in [6, 6.07) is 14.9. The Morgan fingerprint density at radius 2 is 1.74 bits per heavy atom. The highest BCUT2D eigenvalue weighted by Gasteiger charge is 2.18. The normalized spacial score (nSPS) is 15.6. The lowest BCUT2D eigenvalue weighted by Crippen LogP contribution is -3.00. The second-order valence-electron chi connectivity index (χ2n) is 6.51. The molecule has 1 fully saturated rings. The first-order valence-corrected chi connectivity index (χ1v) is 8.46. The standard InChI is InChI=1S/C20H25NO.ClH/c1-21(19-9-3-2-4-10-19)14-13-20(22)18-12-11-16-7-5-6-8-17(16)15-18;/h5-8,11-12,15,19H,2-4,9-10,13-14H2,1H3;1H/p-1. The third kappa shape index (κ3) is 4.55. The van der Waals surface area contributed by atoms with Crippen molar-refractivity contribution in [2.75, 3.05) is 13.6 Å². The Morgan fingerprint density at radius 1 is 1.04 bits per heavy atom. The minimum atomic E-state index is 0. The fourth-order valence-corrected chi connectivity index (χ4v) is 3.49. The third-order valence-corrected chi connectivity index (χ3v) is 4.96. The van der Waals surface area contributed by atoms with Crippen LogP contribution in [0.1, 0.15) is 48.9 Å². The van der Waals surface area contributed by atoms with Gasteiger partial charge in [0.2, 0.25) is 0 Å². The molecule has 23 heavy (non-hydrogen) atoms. The Bertz CT molecular complexity index is 649. The number of hydrogen-bond donors (Lipinski definition) is 0. The van der Waals surface area contributed by atoms with E-state index in [4.69, 9.17) is 0 Å². The number of Topliss-reactive ketones (excluding diaryl/α,β-unsaturated/α-hetero) is 1. The van der Waals surface area contributed by atoms with Crippen LogP contribution in [-0.4, -0.2) is 30.3 Å². The van der Waals surface area contributed by atoms with E-state index >= 15 is 0 Å². The smallest absolute Gasteiger partial charge is 0.164 e. The Morgan fingerprint density at radius 3 is 2.48 bits per heavy atom. The first kappa shape index (κ1) is 18.0. The van der Waals surface area contributed by atoms with Crippen LogP contribution < -0.4 is 12.4 Å². The van der Waals surface area contributed by atoms with Crippen LogP contribution in [0.5, 0.6) is 0 Å². The van der Waals surface area contributed by atoms with Crippen molar-refractivity contribution in [3.8, 4) is 0 Å². The summed E-state index contributed by atoms with van der Waals surface area (Å²) in [7, 11) is 2.17. The van der Waals surface area contributed by atoms with Crippen molar-refractivity contribution in [3.05, 3.63) is 48.0 Å². The predicted molar refractivity (Wildman–Crippen MR) is 92.4 cm³/mol. The highest BCUT2D eigenvalue weighted by molar-refractivity contribution is 6.00. The summed E-state index contributed by atoms with van der Waals surface area (Å²) in [6.07, 6.45) is 7.26. The molecule has 0 atom stereocenters. The summed E-state index contributed by atoms with van der Waals surface area (Å²) in [4.78, 5) is 14.8. The number of fused-ring (bicyclic) bond motifs is 1. The van der Waals surface area contributed by atoms with Crippen molar-refractivity contribution >= 4 is 16.6 Å². The van der Waals surface area contributed by atoms with Crippen LogP contribution in [0.4, 0.5) is 0 Å². The monoisotopic (exact) mass is 330 g/mol. The molecule has 2 nitrogen and oxygen atoms in total. The van der Waals surface area contributed by atoms with E-state index in [2.05, 4.69) is 24.1 Å². The molecule has 3 rings (SSSR count). The molecule has 0 aliphatic heterocycles. The van der Waals surface area contributed by atoms with E-state index in [-0.39, 0.29) is 18.2 Å². The first-order valence-electron chi connectivity index (χ1n) is 8.46. The highest BCUT2D eigenvalue weighted by Crippen LogP contribution is 2.22. The molecule has 3 heteroatoms. The maximum absolute atomic E-state index is 12.4. The molecule has 0 spiro atoms. The van der Waals surface area contributed by atoms with E-state index in [9.17, 15) is 4.79 Å². The Kier molecular flexibility index (Phi) is 6.61. The van der Waals surface area contributed by atoms with Crippen molar-refractivity contribution < 1.29 is 17.2 Å². The zero-order chi connectivity index (χ0) is 15.4. The van der Waals surface area contributed by atoms with Crippen LogP contribution in [0.3, 0.4) is 0 Å². The van der Waals surface area contributed by atoms with Gasteiger partial charge in [0.25, 0.3) is 0 Å². The van der Waals surface area contributed by atoms with Crippen molar-refractivity contribution in [2.24, 2.45) is 0 Å². The van der Waals surface area contributed by atoms with Gasteiger partial charge in [-0.25, -0.2) is 0 Å². The van der Waals surface area contributed by atoms with Crippen LogP contribution in [0, 0.1) is 0 Å². The number of carbonyl (C=O) groups is 1. The average Bonchev–Trinajstić information content (AvgIpc) is 2.59. The summed E-state index contributed by atoms with van der Waals surface area (Å²) < 4.78 is 0. The van der Waals surface area contributed by atoms with Gasteiger partial charge < -0.3 is 17.3 Å². The molecule has 1 aliphatic rings. The minimum Gasteiger partial charge on any atom is -1.00 e. The Hall–Kier alpha value is -1.38. The first-order chi connectivity index (χ1) is 10.7. The summed E-state index contributed by atoms with van der Waals surface area (Å²) in [5.74, 6) is 0.258. The SMILES string of the molecule is CN(CCC(=O)c1ccc2ccccc2c1)C1CCCCC1.[Cl-]. The van der Waals surface area contributed by atoms with Crippen LogP contribution in [0.15, 0.2) is 42.5 Å². The van der Waals surface area contributed by atoms with Gasteiger partial charge in [-0.2, -0.15) is 0 Å². The third-order valence-electron chi connectivity index (χ3n) is 4.96. The quantitative estimate of drug-likeness (QED) is 0.778. The van der Waals surface area contributed by atoms with Crippen LogP contribution in [-0.2, 0) is 0 Å². The Labute approximate surface area is 145 Å². The second kappa shape index (κ2) is 8.47. The van der Waals surface area contributed by atoms with Gasteiger partial charge in [0.1, 0.15) is 0 Å². The van der Waals surface area contributed by atoms with Crippen LogP contribution in [0.25, 0.3) is 10.8 Å². The summed E-state index contributed by atoms with van der Waals surface area (Å²) in [5, 5.41) is 2.34. The number of rotatable bonds is 5. The molecule has 0 bridgehead atoms. The van der Waals surface area contributed by atoms with E-state index in [1.54, 1.807) is 0 Å². The lowest BCUT2D eigenvalue weighted by atomic mass is 9.94. The molecule has 2 aromatic carbocycles. The van der Waals surface area contributed by atoms with Gasteiger partial charge in [-0.3, -0.25) is 4.79 Å². The molecule has 0 aromatic heterocycles. The van der Waals surface area contributed by atoms with Gasteiger partial charge in [-0.15, -0.1) is 0 Å². The van der Waals surface area contributed by atoms with E-state index in [1.165, 1.54) is 37.5 Å². The maximum atomic E-state index is 12.4. The van der Waals surface area contributed by atoms with Crippen molar-refractivity contribution in [3.63, 3.8) is 0 Å². The molecule has 0 amide bonds. The molecule has 0 radical (unpaired) electrons. The van der Waals surface area contributed by atoms with Gasteiger partial charge in [0.15, 0.2) is 5.78 Å². The lowest BCUT2D eigenvalue weighted by molar-refractivity contribution is -0.0000126. The minimum absolute atomic E-state index is 0. The summed E-state index contributed by atoms with van der Waals surface area (Å²) in [5.41, 5.74) is 0.843. The number of ketones is 1. The zero-order valence-electron chi connectivity index (χ0n) is 13.8. The van der Waals surface area contributed by atoms with E-state index in [0.717, 1.165) is 17.5 Å². The molecular weight excluding hydrogens is 306 g/mol. The highest BCUT2D eigenvalue weighted by atomic mass is 35.5. The fourth-order valence-electron chi connectivity index (χ4n) is 3.49. The zero-order valence-corrected chi connectivity index (χ0v) is 14.6. The molecule has 0 unspecified atom stereocenters. The van der Waals surface area contributed by atoms with E-state index in [0.29, 0.717) is 12.5 Å². The number of carbonyl (C=O) groups excluding carboxylic acids is 1. The van der Waals surface area contributed by atoms with Crippen molar-refractivity contribution in [2.45, 2.75) is 44.6 Å². The maximum Gasteiger partial charge on any atom is 0.164 e. The molecule has 0 N–H and O–H groups in total. The molecule has 2 aromatic rings. The van der Waals surface area contributed by atoms with Gasteiger partial charge in [0.05, 0.1) is 0 Å². The molecule has 124 valence electrons. The van der Waals surface area contributed by atoms with Gasteiger partial charge >= 0.3 is 0 Å². The average molecular weight is 331 g/mol. The molecule has 1 saturated carbocycles. The van der Waals surface area contributed by atoms with Gasteiger partial charge in [-0.1, -0.05) is 55.7 Å². The van der Waals surface area contributed by atoms with Gasteiger partial charge in [0, 0.05) is 24.6 Å². The van der Waals surface area contributed by atoms with Crippen molar-refractivity contribution in [1.82, 2.24) is 4.90 Å². The number of nitrogens with zero attached hydrogens (tertiary/aromatic N) is 1. The second-order valence-corrected chi connectivity index (χ2v) is 6.51. The molecule has 0 saturated heterocycles. The lowest BCUT2D eigenvalue weighted by Gasteiger charge is -2.30. The van der Waals surface area contributed by atoms with Crippen LogP contribution in [0.2, 0.25) is 0 Å². The largest absolute Gasteiger partial charge is 1.00 e. The topological polar surface area (TPSA) is 20.3 Å². The fraction of sp³-hybridized carbons (Fsp3) is 0.450. The summed E-state index contributed by atoms with van der Waals surface area (Å²) in [6.45, 7) is 0.871. The summed E-state index contributed by atoms with van der Waals surface area (Å²) >= 11 is 0. The van der Waals surface area contributed by atoms with Crippen molar-refractivity contribution in [1.29, 1.82) is 0 Å². The van der Waals surface area contributed by atoms with Gasteiger partial charge in [-0.05, 0) is 36.7 Å². The number of benzene rings is 2. The predicted octanol–water partition coefficient (Wildman–Crippen LogP) is 1.68. The molecular formula is C20H25ClNO-.